The summed E-state index contributed by atoms with van der Waals surface area (Å²) in [6.45, 7) is 0. The number of halogens is 1. The van der Waals surface area contributed by atoms with Crippen LogP contribution >= 0.6 is 11.6 Å². The van der Waals surface area contributed by atoms with Crippen LogP contribution in [-0.4, -0.2) is 11.4 Å². The highest BCUT2D eigenvalue weighted by Crippen LogP contribution is 2.55. The molecule has 0 atom stereocenters. The van der Waals surface area contributed by atoms with Gasteiger partial charge in [-0.05, 0) is 74.5 Å². The number of benzene rings is 1. The van der Waals surface area contributed by atoms with Crippen LogP contribution in [-0.2, 0) is 0 Å². The molecule has 1 aromatic rings. The van der Waals surface area contributed by atoms with Crippen molar-refractivity contribution in [2.45, 2.75) is 44.1 Å². The summed E-state index contributed by atoms with van der Waals surface area (Å²) in [6.07, 6.45) is 7.54. The highest BCUT2D eigenvalue weighted by atomic mass is 35.5. The quantitative estimate of drug-likeness (QED) is 0.820. The molecule has 4 aliphatic rings. The summed E-state index contributed by atoms with van der Waals surface area (Å²) in [6, 6.07) is 5.10. The molecule has 112 valence electrons. The van der Waals surface area contributed by atoms with Gasteiger partial charge in [0.1, 0.15) is 0 Å². The van der Waals surface area contributed by atoms with Gasteiger partial charge in [0.05, 0.1) is 5.56 Å². The molecule has 0 radical (unpaired) electrons. The van der Waals surface area contributed by atoms with Gasteiger partial charge in [0.15, 0.2) is 0 Å². The van der Waals surface area contributed by atoms with Gasteiger partial charge in [-0.25, -0.2) is 0 Å². The molecule has 4 heteroatoms. The third-order valence-corrected chi connectivity index (χ3v) is 5.91. The summed E-state index contributed by atoms with van der Waals surface area (Å²) < 4.78 is 0. The maximum Gasteiger partial charge on any atom is 0.253 e. The first-order valence-electron chi connectivity index (χ1n) is 7.90. The van der Waals surface area contributed by atoms with Crippen LogP contribution in [0.4, 0.5) is 5.69 Å². The first kappa shape index (κ1) is 13.4. The second-order valence-electron chi connectivity index (χ2n) is 7.38. The fraction of sp³-hybridized carbons (Fsp3) is 0.588. The van der Waals surface area contributed by atoms with E-state index in [0.29, 0.717) is 16.3 Å². The van der Waals surface area contributed by atoms with E-state index in [-0.39, 0.29) is 11.4 Å². The largest absolute Gasteiger partial charge is 0.398 e. The molecule has 3 nitrogen and oxygen atoms in total. The van der Waals surface area contributed by atoms with Gasteiger partial charge < -0.3 is 11.1 Å². The molecule has 0 aliphatic heterocycles. The van der Waals surface area contributed by atoms with Crippen molar-refractivity contribution in [3.63, 3.8) is 0 Å². The van der Waals surface area contributed by atoms with Gasteiger partial charge in [0.2, 0.25) is 0 Å². The lowest BCUT2D eigenvalue weighted by atomic mass is 9.53. The number of nitrogen functional groups attached to an aromatic ring is 1. The predicted molar refractivity (Wildman–Crippen MR) is 84.2 cm³/mol. The van der Waals surface area contributed by atoms with Crippen molar-refractivity contribution in [3.05, 3.63) is 28.8 Å². The van der Waals surface area contributed by atoms with Crippen LogP contribution in [0.3, 0.4) is 0 Å². The Morgan fingerprint density at radius 2 is 1.71 bits per heavy atom. The monoisotopic (exact) mass is 304 g/mol. The van der Waals surface area contributed by atoms with Crippen molar-refractivity contribution in [2.75, 3.05) is 5.73 Å². The molecule has 4 saturated carbocycles. The van der Waals surface area contributed by atoms with E-state index in [1.165, 1.54) is 19.3 Å². The van der Waals surface area contributed by atoms with Crippen LogP contribution in [0.1, 0.15) is 48.9 Å². The molecule has 21 heavy (non-hydrogen) atoms. The Morgan fingerprint density at radius 3 is 2.29 bits per heavy atom. The summed E-state index contributed by atoms with van der Waals surface area (Å²) in [5, 5.41) is 3.89. The molecule has 4 bridgehead atoms. The van der Waals surface area contributed by atoms with E-state index in [1.807, 2.05) is 0 Å². The predicted octanol–water partition coefficient (Wildman–Crippen LogP) is 3.62. The Labute approximate surface area is 130 Å². The lowest BCUT2D eigenvalue weighted by Gasteiger charge is -2.56. The Bertz CT molecular complexity index is 563. The number of carbonyl (C=O) groups is 1. The summed E-state index contributed by atoms with van der Waals surface area (Å²) >= 11 is 6.00. The molecule has 4 fully saturated rings. The minimum absolute atomic E-state index is 0.0145. The van der Waals surface area contributed by atoms with Gasteiger partial charge in [-0.2, -0.15) is 0 Å². The molecular formula is C17H21ClN2O. The number of rotatable bonds is 2. The molecule has 0 aromatic heterocycles. The topological polar surface area (TPSA) is 55.1 Å². The first-order valence-corrected chi connectivity index (χ1v) is 8.28. The Morgan fingerprint density at radius 1 is 1.14 bits per heavy atom. The number of nitrogens with two attached hydrogens (primary N) is 1. The Balaban J connectivity index is 1.58. The van der Waals surface area contributed by atoms with Crippen LogP contribution in [0.15, 0.2) is 18.2 Å². The first-order chi connectivity index (χ1) is 10.0. The molecular weight excluding hydrogens is 284 g/mol. The molecule has 0 unspecified atom stereocenters. The zero-order valence-corrected chi connectivity index (χ0v) is 12.8. The van der Waals surface area contributed by atoms with Crippen LogP contribution in [0, 0.1) is 17.8 Å². The second-order valence-corrected chi connectivity index (χ2v) is 7.82. The van der Waals surface area contributed by atoms with Gasteiger partial charge >= 0.3 is 0 Å². The third-order valence-electron chi connectivity index (χ3n) is 5.68. The normalized spacial score (nSPS) is 36.7. The van der Waals surface area contributed by atoms with E-state index in [9.17, 15) is 4.79 Å². The van der Waals surface area contributed by atoms with Crippen molar-refractivity contribution < 1.29 is 4.79 Å². The van der Waals surface area contributed by atoms with E-state index in [1.54, 1.807) is 18.2 Å². The lowest BCUT2D eigenvalue weighted by Crippen LogP contribution is -2.59. The molecule has 5 rings (SSSR count). The van der Waals surface area contributed by atoms with Crippen molar-refractivity contribution in [2.24, 2.45) is 17.8 Å². The van der Waals surface area contributed by atoms with Crippen LogP contribution in [0.25, 0.3) is 0 Å². The zero-order chi connectivity index (χ0) is 14.6. The molecule has 0 spiro atoms. The summed E-state index contributed by atoms with van der Waals surface area (Å²) in [5.74, 6) is 2.38. The maximum atomic E-state index is 12.7. The van der Waals surface area contributed by atoms with Gasteiger partial charge in [0, 0.05) is 16.2 Å². The molecule has 1 amide bonds. The number of amides is 1. The van der Waals surface area contributed by atoms with Crippen LogP contribution in [0.2, 0.25) is 5.02 Å². The van der Waals surface area contributed by atoms with Crippen molar-refractivity contribution in [1.82, 2.24) is 5.32 Å². The number of hydrogen-bond acceptors (Lipinski definition) is 2. The number of carbonyl (C=O) groups excluding carboxylic acids is 1. The lowest BCUT2D eigenvalue weighted by molar-refractivity contribution is -0.0166. The third kappa shape index (κ3) is 2.32. The average Bonchev–Trinajstić information content (AvgIpc) is 2.39. The second kappa shape index (κ2) is 4.64. The van der Waals surface area contributed by atoms with E-state index in [2.05, 4.69) is 5.32 Å². The molecule has 0 saturated heterocycles. The van der Waals surface area contributed by atoms with Crippen LogP contribution in [0.5, 0.6) is 0 Å². The maximum absolute atomic E-state index is 12.7. The smallest absolute Gasteiger partial charge is 0.253 e. The average molecular weight is 305 g/mol. The molecule has 4 aliphatic carbocycles. The van der Waals surface area contributed by atoms with Crippen LogP contribution < -0.4 is 11.1 Å². The van der Waals surface area contributed by atoms with E-state index in [4.69, 9.17) is 17.3 Å². The molecule has 3 N–H and O–H groups in total. The fourth-order valence-electron chi connectivity index (χ4n) is 5.30. The number of nitrogens with one attached hydrogen (secondary N) is 1. The zero-order valence-electron chi connectivity index (χ0n) is 12.1. The standard InChI is InChI=1S/C17H21ClN2O/c18-13-1-2-15(19)14(6-13)16(21)20-17-7-10-3-11(8-17)5-12(4-10)9-17/h1-2,6,10-12H,3-5,7-9,19H2,(H,20,21). The number of hydrogen-bond donors (Lipinski definition) is 2. The SMILES string of the molecule is Nc1ccc(Cl)cc1C(=O)NC12CC3CC(CC(C3)C1)C2. The van der Waals surface area contributed by atoms with E-state index < -0.39 is 0 Å². The summed E-state index contributed by atoms with van der Waals surface area (Å²) in [4.78, 5) is 12.7. The highest BCUT2D eigenvalue weighted by Gasteiger charge is 2.51. The van der Waals surface area contributed by atoms with Gasteiger partial charge in [-0.15, -0.1) is 0 Å². The van der Waals surface area contributed by atoms with Crippen molar-refractivity contribution in [1.29, 1.82) is 0 Å². The summed E-state index contributed by atoms with van der Waals surface area (Å²) in [5.41, 5.74) is 6.97. The Hall–Kier alpha value is -1.22. The van der Waals surface area contributed by atoms with Crippen molar-refractivity contribution in [3.8, 4) is 0 Å². The Kier molecular flexibility index (Phi) is 2.97. The molecule has 1 aromatic carbocycles. The fourth-order valence-corrected chi connectivity index (χ4v) is 5.47. The highest BCUT2D eigenvalue weighted by molar-refractivity contribution is 6.31. The van der Waals surface area contributed by atoms with Crippen molar-refractivity contribution >= 4 is 23.2 Å². The minimum atomic E-state index is -0.0584. The molecule has 0 heterocycles. The van der Waals surface area contributed by atoms with E-state index in [0.717, 1.165) is 37.0 Å². The van der Waals surface area contributed by atoms with Gasteiger partial charge in [-0.1, -0.05) is 11.6 Å². The van der Waals surface area contributed by atoms with E-state index >= 15 is 0 Å². The van der Waals surface area contributed by atoms with Gasteiger partial charge in [0.25, 0.3) is 5.91 Å². The number of anilines is 1. The minimum Gasteiger partial charge on any atom is -0.398 e. The van der Waals surface area contributed by atoms with Gasteiger partial charge in [-0.3, -0.25) is 4.79 Å². The summed E-state index contributed by atoms with van der Waals surface area (Å²) in [7, 11) is 0.